The Bertz CT molecular complexity index is 3430. The van der Waals surface area contributed by atoms with E-state index in [0.717, 1.165) is 76.5 Å². The monoisotopic (exact) mass is 813 g/mol. The van der Waals surface area contributed by atoms with E-state index in [9.17, 15) is 0 Å². The first-order valence-corrected chi connectivity index (χ1v) is 21.8. The molecule has 0 saturated heterocycles. The van der Waals surface area contributed by atoms with E-state index < -0.39 is 0 Å². The summed E-state index contributed by atoms with van der Waals surface area (Å²) in [6.07, 6.45) is 0. The van der Waals surface area contributed by atoms with Crippen LogP contribution in [0.2, 0.25) is 0 Å². The van der Waals surface area contributed by atoms with E-state index in [4.69, 9.17) is 15.0 Å². The number of benzene rings is 8. The molecule has 0 spiro atoms. The van der Waals surface area contributed by atoms with Gasteiger partial charge in [0.05, 0.1) is 38.3 Å². The molecule has 0 atom stereocenters. The van der Waals surface area contributed by atoms with Crippen molar-refractivity contribution >= 4 is 60.4 Å². The van der Waals surface area contributed by atoms with Crippen LogP contribution in [0.15, 0.2) is 200 Å². The third kappa shape index (κ3) is 5.86. The molecule has 6 heteroatoms. The lowest BCUT2D eigenvalue weighted by Crippen LogP contribution is -2.30. The van der Waals surface area contributed by atoms with Crippen molar-refractivity contribution in [3.8, 4) is 50.2 Å². The molecule has 0 unspecified atom stereocenters. The maximum absolute atomic E-state index is 5.33. The van der Waals surface area contributed by atoms with Gasteiger partial charge < -0.3 is 4.90 Å². The second kappa shape index (κ2) is 14.2. The maximum atomic E-state index is 5.33. The number of aromatic nitrogens is 4. The Balaban J connectivity index is 1.09. The number of nitrogens with zero attached hydrogens (tertiary/aromatic N) is 5. The highest BCUT2D eigenvalue weighted by Crippen LogP contribution is 2.52. The van der Waals surface area contributed by atoms with Crippen LogP contribution in [-0.4, -0.2) is 19.5 Å². The predicted octanol–water partition coefficient (Wildman–Crippen LogP) is 15.0. The molecule has 294 valence electrons. The van der Waals surface area contributed by atoms with Crippen LogP contribution in [0.5, 0.6) is 0 Å². The second-order valence-corrected chi connectivity index (χ2v) is 17.5. The van der Waals surface area contributed by atoms with Crippen molar-refractivity contribution in [2.45, 2.75) is 19.3 Å². The highest BCUT2D eigenvalue weighted by molar-refractivity contribution is 7.21. The van der Waals surface area contributed by atoms with Gasteiger partial charge in [-0.2, -0.15) is 0 Å². The summed E-state index contributed by atoms with van der Waals surface area (Å²) >= 11 is 1.74. The largest absolute Gasteiger partial charge is 0.310 e. The molecule has 0 aliphatic carbocycles. The predicted molar refractivity (Wildman–Crippen MR) is 258 cm³/mol. The van der Waals surface area contributed by atoms with Gasteiger partial charge in [-0.3, -0.25) is 4.57 Å². The molecule has 5 nitrogen and oxygen atoms in total. The van der Waals surface area contributed by atoms with Gasteiger partial charge in [-0.15, -0.1) is 11.3 Å². The van der Waals surface area contributed by atoms with Crippen LogP contribution in [0.1, 0.15) is 25.0 Å². The lowest BCUT2D eigenvalue weighted by molar-refractivity contribution is 0.632. The van der Waals surface area contributed by atoms with Crippen LogP contribution < -0.4 is 4.90 Å². The highest BCUT2D eigenvalue weighted by Gasteiger charge is 2.37. The second-order valence-electron chi connectivity index (χ2n) is 16.5. The molecule has 0 N–H and O–H groups in total. The first-order valence-electron chi connectivity index (χ1n) is 21.0. The van der Waals surface area contributed by atoms with Gasteiger partial charge in [0, 0.05) is 44.6 Å². The maximum Gasteiger partial charge on any atom is 0.162 e. The van der Waals surface area contributed by atoms with Crippen LogP contribution in [-0.2, 0) is 5.41 Å². The molecule has 0 amide bonds. The molecule has 11 aromatic rings. The quantitative estimate of drug-likeness (QED) is 0.168. The Labute approximate surface area is 363 Å². The van der Waals surface area contributed by atoms with Crippen LogP contribution in [0.4, 0.5) is 17.1 Å². The van der Waals surface area contributed by atoms with Crippen molar-refractivity contribution in [1.29, 1.82) is 0 Å². The molecular formula is C56H39N5S. The molecule has 8 aromatic carbocycles. The minimum absolute atomic E-state index is 0.221. The Morgan fingerprint density at radius 3 is 1.82 bits per heavy atom. The SMILES string of the molecule is CC1(C)c2ccccc2N(c2ccccc2)c2ccc(-c3ccc4c(c3)c3cc5sc(-c6ccccc6)nc5cc3n4-c3cc(-c4ccccc4)nc(-c4ccccc4)n3)cc21. The Morgan fingerprint density at radius 2 is 1.06 bits per heavy atom. The molecule has 3 aromatic heterocycles. The zero-order chi connectivity index (χ0) is 41.4. The summed E-state index contributed by atoms with van der Waals surface area (Å²) < 4.78 is 3.45. The molecule has 0 bridgehead atoms. The van der Waals surface area contributed by atoms with Crippen molar-refractivity contribution in [1.82, 2.24) is 19.5 Å². The summed E-state index contributed by atoms with van der Waals surface area (Å²) in [5.74, 6) is 1.48. The number of fused-ring (bicyclic) bond motifs is 6. The first-order chi connectivity index (χ1) is 30.5. The Kier molecular flexibility index (Phi) is 8.31. The standard InChI is InChI=1S/C56H39N5S/c1-56(2)44-25-15-16-26-49(44)60(41-23-13-6-14-24-41)50-30-28-40(32-45(50)56)39-27-29-48-42(31-39)43-33-52-47(58-55(62-52)38-21-11-5-12-22-38)34-51(43)61(48)53-35-46(36-17-7-3-8-18-36)57-54(59-53)37-19-9-4-10-20-37/h3-35H,1-2H3. The summed E-state index contributed by atoms with van der Waals surface area (Å²) in [5.41, 5.74) is 15.4. The molecule has 0 fully saturated rings. The van der Waals surface area contributed by atoms with Gasteiger partial charge in [0.1, 0.15) is 10.8 Å². The van der Waals surface area contributed by atoms with E-state index in [1.807, 2.05) is 24.3 Å². The highest BCUT2D eigenvalue weighted by atomic mass is 32.1. The van der Waals surface area contributed by atoms with Crippen LogP contribution >= 0.6 is 11.3 Å². The molecule has 0 saturated carbocycles. The van der Waals surface area contributed by atoms with E-state index in [1.165, 1.54) is 28.1 Å². The van der Waals surface area contributed by atoms with E-state index >= 15 is 0 Å². The van der Waals surface area contributed by atoms with Crippen molar-refractivity contribution in [2.24, 2.45) is 0 Å². The molecule has 4 heterocycles. The van der Waals surface area contributed by atoms with Gasteiger partial charge in [-0.25, -0.2) is 15.0 Å². The molecule has 1 aliphatic heterocycles. The van der Waals surface area contributed by atoms with Crippen molar-refractivity contribution in [3.05, 3.63) is 211 Å². The topological polar surface area (TPSA) is 46.8 Å². The summed E-state index contributed by atoms with van der Waals surface area (Å²) in [7, 11) is 0. The normalized spacial score (nSPS) is 13.1. The Hall–Kier alpha value is -7.67. The van der Waals surface area contributed by atoms with E-state index in [2.05, 4.69) is 199 Å². The minimum Gasteiger partial charge on any atom is -0.310 e. The van der Waals surface area contributed by atoms with Gasteiger partial charge in [0.2, 0.25) is 0 Å². The third-order valence-corrected chi connectivity index (χ3v) is 13.5. The number of thiazole rings is 1. The van der Waals surface area contributed by atoms with Crippen molar-refractivity contribution in [3.63, 3.8) is 0 Å². The number of para-hydroxylation sites is 2. The number of anilines is 3. The number of hydrogen-bond donors (Lipinski definition) is 0. The van der Waals surface area contributed by atoms with Crippen molar-refractivity contribution in [2.75, 3.05) is 4.90 Å². The lowest BCUT2D eigenvalue weighted by atomic mass is 9.73. The molecular weight excluding hydrogens is 775 g/mol. The van der Waals surface area contributed by atoms with Gasteiger partial charge in [0.15, 0.2) is 5.82 Å². The van der Waals surface area contributed by atoms with Crippen molar-refractivity contribution < 1.29 is 0 Å². The first kappa shape index (κ1) is 36.2. The van der Waals surface area contributed by atoms with Crippen LogP contribution in [0, 0.1) is 0 Å². The number of hydrogen-bond acceptors (Lipinski definition) is 5. The summed E-state index contributed by atoms with van der Waals surface area (Å²) in [6.45, 7) is 4.71. The summed E-state index contributed by atoms with van der Waals surface area (Å²) in [4.78, 5) is 18.1. The molecule has 1 aliphatic rings. The zero-order valence-electron chi connectivity index (χ0n) is 34.2. The third-order valence-electron chi connectivity index (χ3n) is 12.4. The average Bonchev–Trinajstić information content (AvgIpc) is 3.90. The fraction of sp³-hybridized carbons (Fsp3) is 0.0536. The fourth-order valence-electron chi connectivity index (χ4n) is 9.33. The zero-order valence-corrected chi connectivity index (χ0v) is 35.0. The minimum atomic E-state index is -0.221. The van der Waals surface area contributed by atoms with Crippen LogP contribution in [0.3, 0.4) is 0 Å². The molecule has 62 heavy (non-hydrogen) atoms. The lowest BCUT2D eigenvalue weighted by Gasteiger charge is -2.42. The van der Waals surface area contributed by atoms with E-state index in [1.54, 1.807) is 11.3 Å². The van der Waals surface area contributed by atoms with E-state index in [-0.39, 0.29) is 5.41 Å². The van der Waals surface area contributed by atoms with Gasteiger partial charge >= 0.3 is 0 Å². The summed E-state index contributed by atoms with van der Waals surface area (Å²) in [6, 6.07) is 71.3. The molecule has 12 rings (SSSR count). The summed E-state index contributed by atoms with van der Waals surface area (Å²) in [5, 5.41) is 3.32. The van der Waals surface area contributed by atoms with E-state index in [0.29, 0.717) is 5.82 Å². The van der Waals surface area contributed by atoms with Crippen LogP contribution in [0.25, 0.3) is 82.2 Å². The fourth-order valence-corrected chi connectivity index (χ4v) is 10.3. The Morgan fingerprint density at radius 1 is 0.452 bits per heavy atom. The molecule has 0 radical (unpaired) electrons. The average molecular weight is 814 g/mol. The number of rotatable bonds is 6. The smallest absolute Gasteiger partial charge is 0.162 e. The van der Waals surface area contributed by atoms with Gasteiger partial charge in [-0.05, 0) is 76.9 Å². The van der Waals surface area contributed by atoms with Gasteiger partial charge in [-0.1, -0.05) is 153 Å². The van der Waals surface area contributed by atoms with Gasteiger partial charge in [0.25, 0.3) is 0 Å².